The van der Waals surface area contributed by atoms with E-state index in [1.54, 1.807) is 0 Å². The molecule has 0 aliphatic heterocycles. The van der Waals surface area contributed by atoms with E-state index in [4.69, 9.17) is 4.74 Å². The number of esters is 1. The number of carbonyl (C=O) groups excluding carboxylic acids is 2. The van der Waals surface area contributed by atoms with Crippen molar-refractivity contribution in [3.05, 3.63) is 24.3 Å². The highest BCUT2D eigenvalue weighted by atomic mass is 16.5. The number of aliphatic hydroxyl groups is 2. The summed E-state index contributed by atoms with van der Waals surface area (Å²) >= 11 is 0. The Morgan fingerprint density at radius 3 is 1.06 bits per heavy atom. The van der Waals surface area contributed by atoms with E-state index >= 15 is 0 Å². The molecule has 0 aromatic heterocycles. The third-order valence-electron chi connectivity index (χ3n) is 14.7. The van der Waals surface area contributed by atoms with Crippen molar-refractivity contribution < 1.29 is 24.5 Å². The van der Waals surface area contributed by atoms with Crippen LogP contribution < -0.4 is 5.32 Å². The quantitative estimate of drug-likeness (QED) is 0.0321. The molecule has 0 saturated carbocycles. The molecule has 0 bridgehead atoms. The predicted molar refractivity (Wildman–Crippen MR) is 306 cm³/mol. The van der Waals surface area contributed by atoms with Crippen LogP contribution in [-0.4, -0.2) is 47.4 Å². The average Bonchev–Trinajstić information content (AvgIpc) is 3.36. The Hall–Kier alpha value is -1.66. The van der Waals surface area contributed by atoms with Gasteiger partial charge in [-0.2, -0.15) is 0 Å². The van der Waals surface area contributed by atoms with Gasteiger partial charge in [-0.05, 0) is 70.6 Å². The molecule has 6 heteroatoms. The molecular formula is C64H123NO5. The van der Waals surface area contributed by atoms with E-state index in [1.807, 2.05) is 0 Å². The molecule has 0 aromatic rings. The minimum absolute atomic E-state index is 0.0122. The lowest BCUT2D eigenvalue weighted by Crippen LogP contribution is -2.45. The van der Waals surface area contributed by atoms with Gasteiger partial charge in [0.15, 0.2) is 0 Å². The van der Waals surface area contributed by atoms with Gasteiger partial charge in [0, 0.05) is 12.8 Å². The molecule has 0 rings (SSSR count). The van der Waals surface area contributed by atoms with Gasteiger partial charge in [-0.3, -0.25) is 9.59 Å². The molecule has 3 N–H and O–H groups in total. The van der Waals surface area contributed by atoms with Crippen molar-refractivity contribution in [1.29, 1.82) is 0 Å². The number of nitrogens with one attached hydrogen (secondary N) is 1. The Balaban J connectivity index is 3.45. The molecule has 2 unspecified atom stereocenters. The summed E-state index contributed by atoms with van der Waals surface area (Å²) in [6.07, 6.45) is 73.3. The summed E-state index contributed by atoms with van der Waals surface area (Å²) in [5.74, 6) is -0.0557. The van der Waals surface area contributed by atoms with Crippen LogP contribution in [0.1, 0.15) is 348 Å². The summed E-state index contributed by atoms with van der Waals surface area (Å²) in [5.41, 5.74) is 0. The third kappa shape index (κ3) is 55.7. The fourth-order valence-corrected chi connectivity index (χ4v) is 9.85. The highest BCUT2D eigenvalue weighted by Crippen LogP contribution is 2.18. The molecule has 0 fully saturated rings. The molecule has 0 heterocycles. The summed E-state index contributed by atoms with van der Waals surface area (Å²) < 4.78 is 5.45. The lowest BCUT2D eigenvalue weighted by atomic mass is 10.0. The fourth-order valence-electron chi connectivity index (χ4n) is 9.85. The van der Waals surface area contributed by atoms with E-state index < -0.39 is 12.1 Å². The Morgan fingerprint density at radius 1 is 0.386 bits per heavy atom. The van der Waals surface area contributed by atoms with Gasteiger partial charge in [0.1, 0.15) is 0 Å². The standard InChI is InChI=1S/C64H123NO5/c1-3-5-7-9-11-13-15-16-17-18-19-20-21-22-23-24-25-27-30-33-37-40-44-48-52-56-62(67)61(60-66)65-63(68)57-53-49-45-41-38-34-31-28-26-29-32-35-39-43-47-51-55-59-70-64(69)58-54-50-46-42-36-14-12-10-8-6-4-2/h10,12,26,29,61-62,66-67H,3-9,11,13-25,27-28,30-60H2,1-2H3,(H,65,68)/b12-10-,29-26-. The van der Waals surface area contributed by atoms with Gasteiger partial charge in [-0.25, -0.2) is 0 Å². The number of ether oxygens (including phenoxy) is 1. The largest absolute Gasteiger partial charge is 0.466 e. The second-order valence-corrected chi connectivity index (χ2v) is 21.7. The van der Waals surface area contributed by atoms with E-state index in [1.165, 1.54) is 257 Å². The SMILES string of the molecule is CCCC/C=C\CCCCCCCC(=O)OCCCCCCCC/C=C\CCCCCCCCCC(=O)NC(CO)C(O)CCCCCCCCCCCCCCCCCCCCCCCCCCC. The summed E-state index contributed by atoms with van der Waals surface area (Å²) in [6, 6.07) is -0.552. The zero-order valence-corrected chi connectivity index (χ0v) is 47.3. The number of carbonyl (C=O) groups is 2. The molecule has 0 aliphatic carbocycles. The van der Waals surface area contributed by atoms with Gasteiger partial charge in [0.05, 0.1) is 25.4 Å². The minimum Gasteiger partial charge on any atom is -0.466 e. The summed E-state index contributed by atoms with van der Waals surface area (Å²) in [6.45, 7) is 4.92. The van der Waals surface area contributed by atoms with Crippen LogP contribution in [0.15, 0.2) is 24.3 Å². The van der Waals surface area contributed by atoms with Gasteiger partial charge < -0.3 is 20.3 Å². The maximum atomic E-state index is 12.5. The van der Waals surface area contributed by atoms with Crippen molar-refractivity contribution in [2.45, 2.75) is 360 Å². The maximum Gasteiger partial charge on any atom is 0.305 e. The molecule has 0 radical (unpaired) electrons. The number of amides is 1. The molecular weight excluding hydrogens is 863 g/mol. The van der Waals surface area contributed by atoms with Crippen LogP contribution in [0.25, 0.3) is 0 Å². The van der Waals surface area contributed by atoms with Gasteiger partial charge in [0.2, 0.25) is 5.91 Å². The van der Waals surface area contributed by atoms with Crippen LogP contribution in [0.3, 0.4) is 0 Å². The monoisotopic (exact) mass is 986 g/mol. The number of aliphatic hydroxyl groups excluding tert-OH is 2. The normalized spacial score (nSPS) is 12.7. The van der Waals surface area contributed by atoms with Crippen LogP contribution >= 0.6 is 0 Å². The van der Waals surface area contributed by atoms with Crippen molar-refractivity contribution in [1.82, 2.24) is 5.32 Å². The molecule has 70 heavy (non-hydrogen) atoms. The van der Waals surface area contributed by atoms with E-state index in [-0.39, 0.29) is 18.5 Å². The Kier molecular flexibility index (Phi) is 58.5. The minimum atomic E-state index is -0.674. The zero-order valence-electron chi connectivity index (χ0n) is 47.3. The first kappa shape index (κ1) is 68.3. The number of allylic oxidation sites excluding steroid dienone is 4. The molecule has 414 valence electrons. The molecule has 0 saturated heterocycles. The van der Waals surface area contributed by atoms with Crippen molar-refractivity contribution >= 4 is 11.9 Å². The lowest BCUT2D eigenvalue weighted by molar-refractivity contribution is -0.143. The van der Waals surface area contributed by atoms with Gasteiger partial charge in [0.25, 0.3) is 0 Å². The molecule has 6 nitrogen and oxygen atoms in total. The average molecular weight is 987 g/mol. The Bertz CT molecular complexity index is 1090. The maximum absolute atomic E-state index is 12.5. The van der Waals surface area contributed by atoms with Crippen molar-refractivity contribution in [2.24, 2.45) is 0 Å². The number of hydrogen-bond donors (Lipinski definition) is 3. The van der Waals surface area contributed by atoms with Crippen LogP contribution in [-0.2, 0) is 14.3 Å². The van der Waals surface area contributed by atoms with E-state index in [9.17, 15) is 19.8 Å². The van der Waals surface area contributed by atoms with Crippen molar-refractivity contribution in [2.75, 3.05) is 13.2 Å². The summed E-state index contributed by atoms with van der Waals surface area (Å²) in [5, 5.41) is 23.4. The third-order valence-corrected chi connectivity index (χ3v) is 14.7. The smallest absolute Gasteiger partial charge is 0.305 e. The van der Waals surface area contributed by atoms with Gasteiger partial charge >= 0.3 is 5.97 Å². The first-order valence-electron chi connectivity index (χ1n) is 31.6. The van der Waals surface area contributed by atoms with Crippen LogP contribution in [0.2, 0.25) is 0 Å². The Labute approximate surface area is 437 Å². The van der Waals surface area contributed by atoms with Gasteiger partial charge in [-0.1, -0.05) is 289 Å². The van der Waals surface area contributed by atoms with Gasteiger partial charge in [-0.15, -0.1) is 0 Å². The topological polar surface area (TPSA) is 95.9 Å². The fraction of sp³-hybridized carbons (Fsp3) is 0.906. The molecule has 0 aromatic carbocycles. The zero-order chi connectivity index (χ0) is 50.7. The lowest BCUT2D eigenvalue weighted by Gasteiger charge is -2.22. The first-order valence-corrected chi connectivity index (χ1v) is 31.6. The van der Waals surface area contributed by atoms with E-state index in [0.717, 1.165) is 57.8 Å². The number of rotatable bonds is 59. The Morgan fingerprint density at radius 2 is 0.686 bits per heavy atom. The molecule has 0 spiro atoms. The number of hydrogen-bond acceptors (Lipinski definition) is 5. The number of unbranched alkanes of at least 4 members (excludes halogenated alkanes) is 44. The molecule has 1 amide bonds. The highest BCUT2D eigenvalue weighted by Gasteiger charge is 2.20. The van der Waals surface area contributed by atoms with Crippen LogP contribution in [0.4, 0.5) is 0 Å². The second kappa shape index (κ2) is 59.9. The van der Waals surface area contributed by atoms with Crippen molar-refractivity contribution in [3.8, 4) is 0 Å². The van der Waals surface area contributed by atoms with Crippen LogP contribution in [0.5, 0.6) is 0 Å². The second-order valence-electron chi connectivity index (χ2n) is 21.7. The van der Waals surface area contributed by atoms with Crippen LogP contribution in [0, 0.1) is 0 Å². The molecule has 0 aliphatic rings. The van der Waals surface area contributed by atoms with E-state index in [0.29, 0.717) is 25.9 Å². The first-order chi connectivity index (χ1) is 34.5. The van der Waals surface area contributed by atoms with E-state index in [2.05, 4.69) is 43.5 Å². The predicted octanol–water partition coefficient (Wildman–Crippen LogP) is 19.8. The summed E-state index contributed by atoms with van der Waals surface area (Å²) in [7, 11) is 0. The van der Waals surface area contributed by atoms with Crippen molar-refractivity contribution in [3.63, 3.8) is 0 Å². The highest BCUT2D eigenvalue weighted by molar-refractivity contribution is 5.76. The molecule has 2 atom stereocenters. The summed E-state index contributed by atoms with van der Waals surface area (Å²) in [4.78, 5) is 24.5.